The lowest BCUT2D eigenvalue weighted by Gasteiger charge is -2.16. The van der Waals surface area contributed by atoms with Gasteiger partial charge in [-0.05, 0) is 47.0 Å². The monoisotopic (exact) mass is 252 g/mol. The van der Waals surface area contributed by atoms with Crippen LogP contribution in [-0.2, 0) is 9.53 Å². The molecule has 0 saturated heterocycles. The van der Waals surface area contributed by atoms with Gasteiger partial charge in [0.25, 0.3) is 0 Å². The molecule has 0 aromatic heterocycles. The van der Waals surface area contributed by atoms with Crippen molar-refractivity contribution in [3.05, 3.63) is 23.8 Å². The smallest absolute Gasteiger partial charge is 0.308 e. The Hall–Kier alpha value is -1.05. The summed E-state index contributed by atoms with van der Waals surface area (Å²) in [6.07, 6.45) is 5.87. The fourth-order valence-electron chi connectivity index (χ4n) is 1.78. The van der Waals surface area contributed by atoms with Crippen LogP contribution in [0.2, 0.25) is 0 Å². The molecule has 2 heteroatoms. The Morgan fingerprint density at radius 1 is 1.28 bits per heavy atom. The van der Waals surface area contributed by atoms with Gasteiger partial charge < -0.3 is 4.74 Å². The highest BCUT2D eigenvalue weighted by molar-refractivity contribution is 5.72. The number of unbranched alkanes of at least 4 members (excludes halogenated alkanes) is 1. The van der Waals surface area contributed by atoms with Crippen LogP contribution >= 0.6 is 0 Å². The van der Waals surface area contributed by atoms with E-state index in [1.807, 2.05) is 20.8 Å². The molecule has 2 unspecified atom stereocenters. The maximum absolute atomic E-state index is 11.8. The molecule has 0 aromatic carbocycles. The number of esters is 1. The molecule has 0 spiro atoms. The van der Waals surface area contributed by atoms with E-state index in [9.17, 15) is 4.79 Å². The summed E-state index contributed by atoms with van der Waals surface area (Å²) in [5, 5.41) is 0. The first-order chi connectivity index (χ1) is 8.32. The standard InChI is InChI=1S/C16H28O2/c1-12(2)9-7-8-10-14(5)16(17)18-15(6)11-13(3)4/h9,14-15H,3,7-8,10-11H2,1-2,4-6H3. The second-order valence-corrected chi connectivity index (χ2v) is 5.52. The molecule has 0 fully saturated rings. The lowest BCUT2D eigenvalue weighted by atomic mass is 10.0. The summed E-state index contributed by atoms with van der Waals surface area (Å²) in [4.78, 5) is 11.8. The van der Waals surface area contributed by atoms with Crippen LogP contribution in [0.3, 0.4) is 0 Å². The number of rotatable bonds is 8. The largest absolute Gasteiger partial charge is 0.462 e. The van der Waals surface area contributed by atoms with E-state index in [0.29, 0.717) is 0 Å². The van der Waals surface area contributed by atoms with Gasteiger partial charge in [-0.3, -0.25) is 4.79 Å². The van der Waals surface area contributed by atoms with Gasteiger partial charge in [0.15, 0.2) is 0 Å². The zero-order chi connectivity index (χ0) is 14.1. The Balaban J connectivity index is 3.89. The van der Waals surface area contributed by atoms with Crippen molar-refractivity contribution < 1.29 is 9.53 Å². The molecule has 0 bridgehead atoms. The second kappa shape index (κ2) is 8.96. The van der Waals surface area contributed by atoms with E-state index in [0.717, 1.165) is 31.3 Å². The quantitative estimate of drug-likeness (QED) is 0.357. The molecule has 0 heterocycles. The number of ether oxygens (including phenoxy) is 1. The Bertz CT molecular complexity index is 298. The van der Waals surface area contributed by atoms with Crippen molar-refractivity contribution in [3.63, 3.8) is 0 Å². The molecule has 0 saturated carbocycles. The predicted octanol–water partition coefficient (Wildman–Crippen LogP) is 4.66. The van der Waals surface area contributed by atoms with Gasteiger partial charge in [0.05, 0.1) is 5.92 Å². The first kappa shape index (κ1) is 16.9. The molecule has 0 amide bonds. The van der Waals surface area contributed by atoms with Crippen LogP contribution in [0.4, 0.5) is 0 Å². The summed E-state index contributed by atoms with van der Waals surface area (Å²) in [6, 6.07) is 0. The molecule has 0 N–H and O–H groups in total. The minimum Gasteiger partial charge on any atom is -0.462 e. The van der Waals surface area contributed by atoms with Crippen LogP contribution in [0.25, 0.3) is 0 Å². The summed E-state index contributed by atoms with van der Waals surface area (Å²) in [5.41, 5.74) is 2.38. The van der Waals surface area contributed by atoms with Gasteiger partial charge in [0, 0.05) is 6.42 Å². The van der Waals surface area contributed by atoms with Crippen molar-refractivity contribution in [1.82, 2.24) is 0 Å². The minimum absolute atomic E-state index is 0.0110. The van der Waals surface area contributed by atoms with Gasteiger partial charge in [0.1, 0.15) is 6.10 Å². The van der Waals surface area contributed by atoms with Crippen molar-refractivity contribution >= 4 is 5.97 Å². The van der Waals surface area contributed by atoms with Gasteiger partial charge in [-0.2, -0.15) is 0 Å². The summed E-state index contributed by atoms with van der Waals surface area (Å²) in [7, 11) is 0. The van der Waals surface area contributed by atoms with Crippen molar-refractivity contribution in [2.75, 3.05) is 0 Å². The maximum Gasteiger partial charge on any atom is 0.308 e. The van der Waals surface area contributed by atoms with E-state index in [1.165, 1.54) is 5.57 Å². The Morgan fingerprint density at radius 2 is 1.89 bits per heavy atom. The highest BCUT2D eigenvalue weighted by Crippen LogP contribution is 2.14. The molecule has 0 aromatic rings. The van der Waals surface area contributed by atoms with E-state index >= 15 is 0 Å². The fraction of sp³-hybridized carbons (Fsp3) is 0.688. The number of allylic oxidation sites excluding steroid dienone is 2. The molecular weight excluding hydrogens is 224 g/mol. The lowest BCUT2D eigenvalue weighted by molar-refractivity contribution is -0.152. The lowest BCUT2D eigenvalue weighted by Crippen LogP contribution is -2.21. The van der Waals surface area contributed by atoms with Gasteiger partial charge in [-0.15, -0.1) is 6.58 Å². The van der Waals surface area contributed by atoms with E-state index < -0.39 is 0 Å². The third-order valence-corrected chi connectivity index (χ3v) is 2.75. The molecule has 2 atom stereocenters. The number of carbonyl (C=O) groups is 1. The van der Waals surface area contributed by atoms with Gasteiger partial charge in [-0.1, -0.05) is 24.1 Å². The highest BCUT2D eigenvalue weighted by Gasteiger charge is 2.16. The van der Waals surface area contributed by atoms with Crippen molar-refractivity contribution in [1.29, 1.82) is 0 Å². The van der Waals surface area contributed by atoms with Gasteiger partial charge in [-0.25, -0.2) is 0 Å². The summed E-state index contributed by atoms with van der Waals surface area (Å²) >= 11 is 0. The van der Waals surface area contributed by atoms with E-state index in [4.69, 9.17) is 4.74 Å². The normalized spacial score (nSPS) is 13.6. The number of hydrogen-bond donors (Lipinski definition) is 0. The molecule has 0 rings (SSSR count). The molecule has 104 valence electrons. The molecule has 0 aliphatic rings. The van der Waals surface area contributed by atoms with Crippen LogP contribution < -0.4 is 0 Å². The third-order valence-electron chi connectivity index (χ3n) is 2.75. The Morgan fingerprint density at radius 3 is 2.39 bits per heavy atom. The van der Waals surface area contributed by atoms with Gasteiger partial charge >= 0.3 is 5.97 Å². The molecule has 0 radical (unpaired) electrons. The minimum atomic E-state index is -0.0825. The zero-order valence-electron chi connectivity index (χ0n) is 12.6. The Labute approximate surface area is 112 Å². The van der Waals surface area contributed by atoms with Crippen LogP contribution in [0.5, 0.6) is 0 Å². The van der Waals surface area contributed by atoms with Crippen molar-refractivity contribution in [3.8, 4) is 0 Å². The number of carbonyl (C=O) groups excluding carboxylic acids is 1. The summed E-state index contributed by atoms with van der Waals surface area (Å²) in [5.74, 6) is -0.0934. The molecule has 2 nitrogen and oxygen atoms in total. The maximum atomic E-state index is 11.8. The van der Waals surface area contributed by atoms with Crippen LogP contribution in [0.1, 0.15) is 60.3 Å². The van der Waals surface area contributed by atoms with Crippen molar-refractivity contribution in [2.24, 2.45) is 5.92 Å². The van der Waals surface area contributed by atoms with E-state index in [1.54, 1.807) is 0 Å². The average Bonchev–Trinajstić information content (AvgIpc) is 2.22. The summed E-state index contributed by atoms with van der Waals surface area (Å²) < 4.78 is 5.39. The predicted molar refractivity (Wildman–Crippen MR) is 77.4 cm³/mol. The molecular formula is C16H28O2. The molecule has 18 heavy (non-hydrogen) atoms. The molecule has 0 aliphatic heterocycles. The highest BCUT2D eigenvalue weighted by atomic mass is 16.5. The van der Waals surface area contributed by atoms with Gasteiger partial charge in [0.2, 0.25) is 0 Å². The second-order valence-electron chi connectivity index (χ2n) is 5.52. The summed E-state index contributed by atoms with van der Waals surface area (Å²) in [6.45, 7) is 13.8. The zero-order valence-corrected chi connectivity index (χ0v) is 12.6. The first-order valence-corrected chi connectivity index (χ1v) is 6.81. The average molecular weight is 252 g/mol. The van der Waals surface area contributed by atoms with Crippen LogP contribution in [0, 0.1) is 5.92 Å². The number of hydrogen-bond acceptors (Lipinski definition) is 2. The fourth-order valence-corrected chi connectivity index (χ4v) is 1.78. The first-order valence-electron chi connectivity index (χ1n) is 6.81. The van der Waals surface area contributed by atoms with Crippen LogP contribution in [-0.4, -0.2) is 12.1 Å². The molecule has 0 aliphatic carbocycles. The van der Waals surface area contributed by atoms with Crippen LogP contribution in [0.15, 0.2) is 23.8 Å². The topological polar surface area (TPSA) is 26.3 Å². The van der Waals surface area contributed by atoms with Crippen molar-refractivity contribution in [2.45, 2.75) is 66.4 Å². The van der Waals surface area contributed by atoms with E-state index in [2.05, 4.69) is 26.5 Å². The third kappa shape index (κ3) is 9.03. The SMILES string of the molecule is C=C(C)CC(C)OC(=O)C(C)CCCC=C(C)C. The Kier molecular flexibility index (Phi) is 8.43. The van der Waals surface area contributed by atoms with E-state index in [-0.39, 0.29) is 18.0 Å².